The molecule has 0 aliphatic rings. The molecule has 0 radical (unpaired) electrons. The van der Waals surface area contributed by atoms with E-state index in [1.165, 1.54) is 0 Å². The Balaban J connectivity index is 1.67. The third-order valence-electron chi connectivity index (χ3n) is 3.54. The van der Waals surface area contributed by atoms with Crippen LogP contribution in [0.25, 0.3) is 11.0 Å². The van der Waals surface area contributed by atoms with E-state index in [0.717, 1.165) is 22.4 Å². The highest BCUT2D eigenvalue weighted by Crippen LogP contribution is 2.23. The number of H-pyrrole nitrogens is 1. The van der Waals surface area contributed by atoms with Gasteiger partial charge in [0, 0.05) is 0 Å². The van der Waals surface area contributed by atoms with Gasteiger partial charge in [0.05, 0.1) is 33.5 Å². The standard InChI is InChI=1S/C17H15Cl2N3O/c1-10(17-21-14-4-2-3-5-15(14)22-17)20-16(23)9-11-6-7-12(18)13(19)8-11/h2-8,10H,9H2,1H3,(H,20,23)(H,21,22). The third kappa shape index (κ3) is 3.66. The number of fused-ring (bicyclic) bond motifs is 1. The quantitative estimate of drug-likeness (QED) is 0.739. The van der Waals surface area contributed by atoms with Gasteiger partial charge in [-0.3, -0.25) is 4.79 Å². The Morgan fingerprint density at radius 1 is 1.22 bits per heavy atom. The van der Waals surface area contributed by atoms with Crippen molar-refractivity contribution in [3.8, 4) is 0 Å². The minimum Gasteiger partial charge on any atom is -0.346 e. The van der Waals surface area contributed by atoms with Gasteiger partial charge >= 0.3 is 0 Å². The van der Waals surface area contributed by atoms with Gasteiger partial charge in [0.1, 0.15) is 5.82 Å². The zero-order valence-corrected chi connectivity index (χ0v) is 13.9. The summed E-state index contributed by atoms with van der Waals surface area (Å²) >= 11 is 11.8. The van der Waals surface area contributed by atoms with Gasteiger partial charge in [-0.25, -0.2) is 4.98 Å². The maximum absolute atomic E-state index is 12.2. The molecule has 6 heteroatoms. The normalized spacial score (nSPS) is 12.3. The van der Waals surface area contributed by atoms with Crippen molar-refractivity contribution >= 4 is 40.1 Å². The van der Waals surface area contributed by atoms with E-state index >= 15 is 0 Å². The van der Waals surface area contributed by atoms with Crippen LogP contribution >= 0.6 is 23.2 Å². The van der Waals surface area contributed by atoms with Gasteiger partial charge in [-0.2, -0.15) is 0 Å². The SMILES string of the molecule is CC(NC(=O)Cc1ccc(Cl)c(Cl)c1)c1nc2ccccc2[nH]1. The molecule has 0 spiro atoms. The summed E-state index contributed by atoms with van der Waals surface area (Å²) in [5, 5.41) is 3.86. The van der Waals surface area contributed by atoms with Crippen LogP contribution in [-0.2, 0) is 11.2 Å². The second-order valence-electron chi connectivity index (χ2n) is 5.35. The number of nitrogens with zero attached hydrogens (tertiary/aromatic N) is 1. The lowest BCUT2D eigenvalue weighted by atomic mass is 10.1. The van der Waals surface area contributed by atoms with E-state index in [4.69, 9.17) is 23.2 Å². The predicted octanol–water partition coefficient (Wildman–Crippen LogP) is 4.29. The lowest BCUT2D eigenvalue weighted by Crippen LogP contribution is -2.28. The molecule has 0 saturated heterocycles. The topological polar surface area (TPSA) is 57.8 Å². The van der Waals surface area contributed by atoms with Gasteiger partial charge in [0.2, 0.25) is 5.91 Å². The van der Waals surface area contributed by atoms with E-state index in [1.54, 1.807) is 18.2 Å². The zero-order valence-electron chi connectivity index (χ0n) is 12.4. The van der Waals surface area contributed by atoms with Crippen LogP contribution in [0.15, 0.2) is 42.5 Å². The van der Waals surface area contributed by atoms with E-state index in [-0.39, 0.29) is 18.4 Å². The van der Waals surface area contributed by atoms with E-state index in [2.05, 4.69) is 15.3 Å². The number of aromatic nitrogens is 2. The number of aromatic amines is 1. The number of rotatable bonds is 4. The summed E-state index contributed by atoms with van der Waals surface area (Å²) in [7, 11) is 0. The summed E-state index contributed by atoms with van der Waals surface area (Å²) in [6.45, 7) is 1.89. The number of nitrogens with one attached hydrogen (secondary N) is 2. The fourth-order valence-corrected chi connectivity index (χ4v) is 2.69. The molecular formula is C17H15Cl2N3O. The van der Waals surface area contributed by atoms with Gasteiger partial charge in [0.15, 0.2) is 0 Å². The Morgan fingerprint density at radius 2 is 2.00 bits per heavy atom. The molecule has 3 rings (SSSR count). The number of halogens is 2. The first-order valence-electron chi connectivity index (χ1n) is 7.21. The first-order valence-corrected chi connectivity index (χ1v) is 7.96. The molecule has 0 fully saturated rings. The molecule has 2 aromatic carbocycles. The smallest absolute Gasteiger partial charge is 0.224 e. The average Bonchev–Trinajstić information content (AvgIpc) is 2.95. The number of hydrogen-bond donors (Lipinski definition) is 2. The third-order valence-corrected chi connectivity index (χ3v) is 4.28. The van der Waals surface area contributed by atoms with Crippen LogP contribution in [0.1, 0.15) is 24.4 Å². The van der Waals surface area contributed by atoms with Gasteiger partial charge in [-0.15, -0.1) is 0 Å². The average molecular weight is 348 g/mol. The molecule has 118 valence electrons. The molecule has 4 nitrogen and oxygen atoms in total. The van der Waals surface area contributed by atoms with Gasteiger partial charge in [0.25, 0.3) is 0 Å². The second-order valence-corrected chi connectivity index (χ2v) is 6.17. The maximum Gasteiger partial charge on any atom is 0.224 e. The highest BCUT2D eigenvalue weighted by Gasteiger charge is 2.14. The summed E-state index contributed by atoms with van der Waals surface area (Å²) < 4.78 is 0. The first-order chi connectivity index (χ1) is 11.0. The number of carbonyl (C=O) groups is 1. The molecule has 0 aliphatic carbocycles. The molecule has 1 heterocycles. The van der Waals surface area contributed by atoms with E-state index < -0.39 is 0 Å². The number of benzene rings is 2. The molecule has 2 N–H and O–H groups in total. The van der Waals surface area contributed by atoms with E-state index in [9.17, 15) is 4.79 Å². The van der Waals surface area contributed by atoms with Crippen molar-refractivity contribution in [3.05, 3.63) is 63.9 Å². The number of para-hydroxylation sites is 2. The van der Waals surface area contributed by atoms with Crippen molar-refractivity contribution in [2.75, 3.05) is 0 Å². The molecular weight excluding hydrogens is 333 g/mol. The summed E-state index contributed by atoms with van der Waals surface area (Å²) in [5.41, 5.74) is 2.65. The zero-order chi connectivity index (χ0) is 16.4. The lowest BCUT2D eigenvalue weighted by molar-refractivity contribution is -0.121. The molecule has 23 heavy (non-hydrogen) atoms. The van der Waals surface area contributed by atoms with Crippen LogP contribution in [0.4, 0.5) is 0 Å². The lowest BCUT2D eigenvalue weighted by Gasteiger charge is -2.11. The van der Waals surface area contributed by atoms with Crippen molar-refractivity contribution in [2.45, 2.75) is 19.4 Å². The molecule has 1 aromatic heterocycles. The first kappa shape index (κ1) is 15.8. The van der Waals surface area contributed by atoms with E-state index in [1.807, 2.05) is 31.2 Å². The van der Waals surface area contributed by atoms with Crippen molar-refractivity contribution in [2.24, 2.45) is 0 Å². The molecule has 0 saturated carbocycles. The summed E-state index contributed by atoms with van der Waals surface area (Å²) in [6.07, 6.45) is 0.238. The van der Waals surface area contributed by atoms with Crippen LogP contribution in [0.3, 0.4) is 0 Å². The number of hydrogen-bond acceptors (Lipinski definition) is 2. The van der Waals surface area contributed by atoms with Crippen molar-refractivity contribution in [1.82, 2.24) is 15.3 Å². The van der Waals surface area contributed by atoms with Crippen LogP contribution in [0.5, 0.6) is 0 Å². The summed E-state index contributed by atoms with van der Waals surface area (Å²) in [6, 6.07) is 12.7. The molecule has 1 atom stereocenters. The largest absolute Gasteiger partial charge is 0.346 e. The minimum absolute atomic E-state index is 0.101. The minimum atomic E-state index is -0.210. The molecule has 0 bridgehead atoms. The fraction of sp³-hybridized carbons (Fsp3) is 0.176. The number of carbonyl (C=O) groups excluding carboxylic acids is 1. The Morgan fingerprint density at radius 3 is 2.74 bits per heavy atom. The summed E-state index contributed by atoms with van der Waals surface area (Å²) in [5.74, 6) is 0.630. The maximum atomic E-state index is 12.2. The molecule has 3 aromatic rings. The Bertz CT molecular complexity index is 827. The molecule has 1 unspecified atom stereocenters. The Hall–Kier alpha value is -2.04. The van der Waals surface area contributed by atoms with Crippen LogP contribution < -0.4 is 5.32 Å². The number of amides is 1. The second kappa shape index (κ2) is 6.60. The van der Waals surface area contributed by atoms with Crippen LogP contribution in [-0.4, -0.2) is 15.9 Å². The predicted molar refractivity (Wildman–Crippen MR) is 92.8 cm³/mol. The Kier molecular flexibility index (Phi) is 4.55. The highest BCUT2D eigenvalue weighted by atomic mass is 35.5. The molecule has 0 aliphatic heterocycles. The van der Waals surface area contributed by atoms with Crippen molar-refractivity contribution in [1.29, 1.82) is 0 Å². The van der Waals surface area contributed by atoms with Gasteiger partial charge in [-0.1, -0.05) is 41.4 Å². The van der Waals surface area contributed by atoms with Gasteiger partial charge < -0.3 is 10.3 Å². The highest BCUT2D eigenvalue weighted by molar-refractivity contribution is 6.42. The summed E-state index contributed by atoms with van der Waals surface area (Å²) in [4.78, 5) is 19.9. The van der Waals surface area contributed by atoms with Crippen molar-refractivity contribution < 1.29 is 4.79 Å². The van der Waals surface area contributed by atoms with Crippen LogP contribution in [0, 0.1) is 0 Å². The number of imidazole rings is 1. The fourth-order valence-electron chi connectivity index (χ4n) is 2.37. The monoisotopic (exact) mass is 347 g/mol. The van der Waals surface area contributed by atoms with Crippen LogP contribution in [0.2, 0.25) is 10.0 Å². The van der Waals surface area contributed by atoms with Crippen molar-refractivity contribution in [3.63, 3.8) is 0 Å². The van der Waals surface area contributed by atoms with Gasteiger partial charge in [-0.05, 0) is 36.8 Å². The van der Waals surface area contributed by atoms with E-state index in [0.29, 0.717) is 10.0 Å². The Labute approximate surface area is 143 Å². The molecule has 1 amide bonds.